The van der Waals surface area contributed by atoms with E-state index in [1.54, 1.807) is 35.2 Å². The summed E-state index contributed by atoms with van der Waals surface area (Å²) >= 11 is 0. The van der Waals surface area contributed by atoms with Gasteiger partial charge in [0.15, 0.2) is 0 Å². The summed E-state index contributed by atoms with van der Waals surface area (Å²) in [5.74, 6) is 0.140. The Hall–Kier alpha value is -2.37. The standard InChI is InChI=1S/C18H19F3N2O/c19-18(20,21)16-15(24-13-7-3-1-4-8-13)10-9-14(22)17(16)23-11-5-2-6-12-23/h1,3-4,7-10H,2,5-6,11-12,22H2. The third-order valence-corrected chi connectivity index (χ3v) is 4.10. The number of hydrogen-bond acceptors (Lipinski definition) is 3. The summed E-state index contributed by atoms with van der Waals surface area (Å²) in [7, 11) is 0. The van der Waals surface area contributed by atoms with Crippen molar-refractivity contribution in [3.8, 4) is 11.5 Å². The molecule has 0 aliphatic carbocycles. The molecule has 128 valence electrons. The Morgan fingerprint density at radius 3 is 2.21 bits per heavy atom. The summed E-state index contributed by atoms with van der Waals surface area (Å²) in [6.45, 7) is 1.14. The predicted molar refractivity (Wildman–Crippen MR) is 88.4 cm³/mol. The molecule has 3 nitrogen and oxygen atoms in total. The van der Waals surface area contributed by atoms with E-state index in [1.807, 2.05) is 0 Å². The molecule has 1 heterocycles. The number of ether oxygens (including phenoxy) is 1. The number of nitrogen functional groups attached to an aromatic ring is 1. The molecule has 0 spiro atoms. The second-order valence-corrected chi connectivity index (χ2v) is 5.84. The maximum Gasteiger partial charge on any atom is 0.422 e. The van der Waals surface area contributed by atoms with E-state index in [2.05, 4.69) is 0 Å². The molecular formula is C18H19F3N2O. The highest BCUT2D eigenvalue weighted by atomic mass is 19.4. The molecule has 1 aliphatic heterocycles. The van der Waals surface area contributed by atoms with Gasteiger partial charge in [-0.15, -0.1) is 0 Å². The first kappa shape index (κ1) is 16.5. The van der Waals surface area contributed by atoms with Crippen LogP contribution in [-0.4, -0.2) is 13.1 Å². The molecule has 6 heteroatoms. The fourth-order valence-corrected chi connectivity index (χ4v) is 3.02. The third kappa shape index (κ3) is 3.42. The lowest BCUT2D eigenvalue weighted by Crippen LogP contribution is -2.32. The number of anilines is 2. The zero-order valence-corrected chi connectivity index (χ0v) is 13.1. The summed E-state index contributed by atoms with van der Waals surface area (Å²) in [6.07, 6.45) is -1.80. The van der Waals surface area contributed by atoms with Crippen LogP contribution < -0.4 is 15.4 Å². The van der Waals surface area contributed by atoms with Gasteiger partial charge in [-0.3, -0.25) is 0 Å². The number of piperidine rings is 1. The predicted octanol–water partition coefficient (Wildman–Crippen LogP) is 5.07. The van der Waals surface area contributed by atoms with Crippen LogP contribution in [0.3, 0.4) is 0 Å². The number of alkyl halides is 3. The SMILES string of the molecule is Nc1ccc(Oc2ccccc2)c(C(F)(F)F)c1N1CCCCC1. The van der Waals surface area contributed by atoms with Gasteiger partial charge in [0.05, 0.1) is 11.4 Å². The van der Waals surface area contributed by atoms with Gasteiger partial charge in [-0.1, -0.05) is 18.2 Å². The van der Waals surface area contributed by atoms with Crippen LogP contribution in [-0.2, 0) is 6.18 Å². The summed E-state index contributed by atoms with van der Waals surface area (Å²) in [4.78, 5) is 1.72. The van der Waals surface area contributed by atoms with Gasteiger partial charge in [0.25, 0.3) is 0 Å². The molecule has 2 N–H and O–H groups in total. The van der Waals surface area contributed by atoms with Crippen molar-refractivity contribution in [3.05, 3.63) is 48.0 Å². The maximum atomic E-state index is 13.8. The Kier molecular flexibility index (Phi) is 4.55. The van der Waals surface area contributed by atoms with Gasteiger partial charge in [-0.2, -0.15) is 13.2 Å². The van der Waals surface area contributed by atoms with E-state index in [0.717, 1.165) is 19.3 Å². The van der Waals surface area contributed by atoms with Crippen LogP contribution >= 0.6 is 0 Å². The lowest BCUT2D eigenvalue weighted by Gasteiger charge is -2.32. The van der Waals surface area contributed by atoms with E-state index in [1.165, 1.54) is 12.1 Å². The van der Waals surface area contributed by atoms with Crippen molar-refractivity contribution in [2.24, 2.45) is 0 Å². The first-order valence-electron chi connectivity index (χ1n) is 7.94. The zero-order valence-electron chi connectivity index (χ0n) is 13.1. The summed E-state index contributed by atoms with van der Waals surface area (Å²) in [6, 6.07) is 11.2. The van der Waals surface area contributed by atoms with Gasteiger partial charge in [-0.05, 0) is 43.5 Å². The van der Waals surface area contributed by atoms with E-state index in [-0.39, 0.29) is 17.1 Å². The molecular weight excluding hydrogens is 317 g/mol. The molecule has 24 heavy (non-hydrogen) atoms. The Balaban J connectivity index is 2.08. The van der Waals surface area contributed by atoms with Crippen LogP contribution in [0.15, 0.2) is 42.5 Å². The van der Waals surface area contributed by atoms with Crippen molar-refractivity contribution >= 4 is 11.4 Å². The molecule has 0 radical (unpaired) electrons. The quantitative estimate of drug-likeness (QED) is 0.795. The summed E-state index contributed by atoms with van der Waals surface area (Å²) in [5.41, 5.74) is 5.28. The van der Waals surface area contributed by atoms with Crippen molar-refractivity contribution in [1.29, 1.82) is 0 Å². The van der Waals surface area contributed by atoms with Gasteiger partial charge < -0.3 is 15.4 Å². The molecule has 0 aromatic heterocycles. The van der Waals surface area contributed by atoms with Gasteiger partial charge in [0.2, 0.25) is 0 Å². The van der Waals surface area contributed by atoms with E-state index in [0.29, 0.717) is 18.8 Å². The second-order valence-electron chi connectivity index (χ2n) is 5.84. The van der Waals surface area contributed by atoms with E-state index >= 15 is 0 Å². The fraction of sp³-hybridized carbons (Fsp3) is 0.333. The molecule has 2 aromatic rings. The van der Waals surface area contributed by atoms with E-state index in [4.69, 9.17) is 10.5 Å². The number of nitrogens with zero attached hydrogens (tertiary/aromatic N) is 1. The molecule has 3 rings (SSSR count). The normalized spacial score (nSPS) is 15.4. The van der Waals surface area contributed by atoms with Crippen LogP contribution in [0.5, 0.6) is 11.5 Å². The number of hydrogen-bond donors (Lipinski definition) is 1. The third-order valence-electron chi connectivity index (χ3n) is 4.10. The summed E-state index contributed by atoms with van der Waals surface area (Å²) in [5, 5.41) is 0. The van der Waals surface area contributed by atoms with Gasteiger partial charge in [-0.25, -0.2) is 0 Å². The Morgan fingerprint density at radius 2 is 1.58 bits per heavy atom. The van der Waals surface area contributed by atoms with Crippen LogP contribution in [0.25, 0.3) is 0 Å². The largest absolute Gasteiger partial charge is 0.457 e. The van der Waals surface area contributed by atoms with Crippen molar-refractivity contribution in [2.45, 2.75) is 25.4 Å². The minimum Gasteiger partial charge on any atom is -0.457 e. The topological polar surface area (TPSA) is 38.5 Å². The molecule has 1 saturated heterocycles. The zero-order chi connectivity index (χ0) is 17.2. The minimum atomic E-state index is -4.55. The first-order valence-corrected chi connectivity index (χ1v) is 7.94. The van der Waals surface area contributed by atoms with Crippen molar-refractivity contribution < 1.29 is 17.9 Å². The summed E-state index contributed by atoms with van der Waals surface area (Å²) < 4.78 is 46.9. The van der Waals surface area contributed by atoms with Crippen LogP contribution in [0, 0.1) is 0 Å². The number of nitrogens with two attached hydrogens (primary N) is 1. The van der Waals surface area contributed by atoms with Crippen LogP contribution in [0.4, 0.5) is 24.5 Å². The fourth-order valence-electron chi connectivity index (χ4n) is 3.02. The average Bonchev–Trinajstić information content (AvgIpc) is 2.57. The average molecular weight is 336 g/mol. The molecule has 1 fully saturated rings. The van der Waals surface area contributed by atoms with Crippen molar-refractivity contribution in [2.75, 3.05) is 23.7 Å². The first-order chi connectivity index (χ1) is 11.5. The lowest BCUT2D eigenvalue weighted by atomic mass is 10.0. The minimum absolute atomic E-state index is 0.0376. The van der Waals surface area contributed by atoms with E-state index < -0.39 is 11.7 Å². The Labute approximate surface area is 138 Å². The number of benzene rings is 2. The Bertz CT molecular complexity index is 695. The lowest BCUT2D eigenvalue weighted by molar-refractivity contribution is -0.138. The smallest absolute Gasteiger partial charge is 0.422 e. The van der Waals surface area contributed by atoms with Crippen molar-refractivity contribution in [3.63, 3.8) is 0 Å². The molecule has 0 unspecified atom stereocenters. The molecule has 0 atom stereocenters. The van der Waals surface area contributed by atoms with Crippen LogP contribution in [0.1, 0.15) is 24.8 Å². The number of halogens is 3. The molecule has 0 bridgehead atoms. The second kappa shape index (κ2) is 6.63. The number of rotatable bonds is 3. The Morgan fingerprint density at radius 1 is 0.917 bits per heavy atom. The molecule has 2 aromatic carbocycles. The molecule has 1 aliphatic rings. The monoisotopic (exact) mass is 336 g/mol. The van der Waals surface area contributed by atoms with Crippen LogP contribution in [0.2, 0.25) is 0 Å². The molecule has 0 saturated carbocycles. The van der Waals surface area contributed by atoms with Gasteiger partial charge in [0.1, 0.15) is 17.1 Å². The number of para-hydroxylation sites is 1. The van der Waals surface area contributed by atoms with Gasteiger partial charge >= 0.3 is 6.18 Å². The highest BCUT2D eigenvalue weighted by Crippen LogP contribution is 2.47. The highest BCUT2D eigenvalue weighted by molar-refractivity contribution is 5.76. The van der Waals surface area contributed by atoms with E-state index in [9.17, 15) is 13.2 Å². The van der Waals surface area contributed by atoms with Crippen molar-refractivity contribution in [1.82, 2.24) is 0 Å². The maximum absolute atomic E-state index is 13.8. The van der Waals surface area contributed by atoms with Gasteiger partial charge in [0, 0.05) is 13.1 Å². The highest BCUT2D eigenvalue weighted by Gasteiger charge is 2.40. The molecule has 0 amide bonds.